The average molecular weight is 401 g/mol. The number of carboxylic acids is 1. The van der Waals surface area contributed by atoms with Crippen molar-refractivity contribution in [1.29, 1.82) is 0 Å². The number of aromatic nitrogens is 2. The van der Waals surface area contributed by atoms with Crippen molar-refractivity contribution < 1.29 is 19.5 Å². The molecular weight excluding hydrogens is 374 g/mol. The van der Waals surface area contributed by atoms with E-state index in [1.807, 2.05) is 13.8 Å². The molecule has 0 aliphatic heterocycles. The topological polar surface area (TPSA) is 131 Å². The van der Waals surface area contributed by atoms with Gasteiger partial charge in [0.25, 0.3) is 11.8 Å². The molecule has 0 saturated carbocycles. The van der Waals surface area contributed by atoms with E-state index in [9.17, 15) is 19.5 Å². The zero-order valence-corrected chi connectivity index (χ0v) is 16.6. The van der Waals surface area contributed by atoms with Crippen molar-refractivity contribution >= 4 is 17.8 Å². The summed E-state index contributed by atoms with van der Waals surface area (Å²) in [6.45, 7) is 3.79. The van der Waals surface area contributed by atoms with Gasteiger partial charge in [-0.3, -0.25) is 9.59 Å². The van der Waals surface area contributed by atoms with Gasteiger partial charge >= 0.3 is 5.97 Å². The molecule has 0 saturated heterocycles. The molecule has 0 aliphatic rings. The Morgan fingerprint density at radius 1 is 1.24 bits per heavy atom. The second-order valence-corrected chi connectivity index (χ2v) is 7.05. The molecule has 1 heterocycles. The average Bonchev–Trinajstić information content (AvgIpc) is 3.14. The molecule has 1 atom stereocenters. The van der Waals surface area contributed by atoms with Crippen LogP contribution in [0.2, 0.25) is 0 Å². The van der Waals surface area contributed by atoms with E-state index in [2.05, 4.69) is 10.3 Å². The number of hydrogen-bond donors (Lipinski definition) is 3. The Balaban J connectivity index is 2.23. The fourth-order valence-electron chi connectivity index (χ4n) is 2.89. The summed E-state index contributed by atoms with van der Waals surface area (Å²) in [5, 5.41) is 13.4. The molecule has 9 nitrogen and oxygen atoms in total. The molecule has 2 rings (SSSR count). The lowest BCUT2D eigenvalue weighted by Crippen LogP contribution is -2.55. The molecule has 0 aliphatic carbocycles. The van der Waals surface area contributed by atoms with Crippen LogP contribution in [-0.2, 0) is 16.0 Å². The highest BCUT2D eigenvalue weighted by Gasteiger charge is 2.32. The first-order valence-corrected chi connectivity index (χ1v) is 9.44. The first kappa shape index (κ1) is 22.1. The van der Waals surface area contributed by atoms with Crippen LogP contribution in [0.4, 0.5) is 0 Å². The molecule has 156 valence electrons. The van der Waals surface area contributed by atoms with E-state index >= 15 is 0 Å². The molecule has 4 N–H and O–H groups in total. The van der Waals surface area contributed by atoms with Crippen LogP contribution in [-0.4, -0.2) is 51.7 Å². The van der Waals surface area contributed by atoms with Crippen molar-refractivity contribution in [3.8, 4) is 0 Å². The molecule has 0 spiro atoms. The van der Waals surface area contributed by atoms with Crippen LogP contribution in [0.5, 0.6) is 0 Å². The minimum Gasteiger partial charge on any atom is -0.480 e. The van der Waals surface area contributed by atoms with Gasteiger partial charge in [-0.05, 0) is 31.0 Å². The molecule has 2 aromatic rings. The number of imidazole rings is 1. The summed E-state index contributed by atoms with van der Waals surface area (Å²) in [6, 6.07) is 7.38. The predicted molar refractivity (Wildman–Crippen MR) is 108 cm³/mol. The highest BCUT2D eigenvalue weighted by atomic mass is 16.4. The smallest absolute Gasteiger partial charge is 0.328 e. The number of carboxylic acid groups (broad SMARTS) is 1. The van der Waals surface area contributed by atoms with Gasteiger partial charge in [0.05, 0.1) is 12.2 Å². The number of carbonyl (C=O) groups is 3. The molecule has 0 radical (unpaired) electrons. The van der Waals surface area contributed by atoms with Gasteiger partial charge in [0.15, 0.2) is 6.04 Å². The summed E-state index contributed by atoms with van der Waals surface area (Å²) in [4.78, 5) is 41.3. The Bertz CT molecular complexity index is 834. The van der Waals surface area contributed by atoms with Crippen molar-refractivity contribution in [3.63, 3.8) is 0 Å². The fraction of sp³-hybridized carbons (Fsp3) is 0.400. The number of nitrogens with one attached hydrogen (secondary N) is 1. The van der Waals surface area contributed by atoms with E-state index in [4.69, 9.17) is 5.73 Å². The lowest BCUT2D eigenvalue weighted by atomic mass is 10.0. The quantitative estimate of drug-likeness (QED) is 0.539. The number of carbonyl (C=O) groups excluding carboxylic acids is 2. The maximum absolute atomic E-state index is 12.9. The number of benzene rings is 1. The predicted octanol–water partition coefficient (Wildman–Crippen LogP) is 0.778. The minimum atomic E-state index is -1.13. The third-order valence-electron chi connectivity index (χ3n) is 4.24. The van der Waals surface area contributed by atoms with Crippen LogP contribution in [0.25, 0.3) is 0 Å². The number of hydrogen-bond acceptors (Lipinski definition) is 5. The molecule has 1 aromatic heterocycles. The molecule has 29 heavy (non-hydrogen) atoms. The van der Waals surface area contributed by atoms with Gasteiger partial charge in [-0.2, -0.15) is 0 Å². The van der Waals surface area contributed by atoms with Crippen molar-refractivity contribution in [2.75, 3.05) is 18.1 Å². The molecule has 9 heteroatoms. The van der Waals surface area contributed by atoms with Crippen LogP contribution >= 0.6 is 0 Å². The molecular formula is C20H27N5O4. The summed E-state index contributed by atoms with van der Waals surface area (Å²) < 4.78 is 1.36. The largest absolute Gasteiger partial charge is 0.480 e. The van der Waals surface area contributed by atoms with Crippen LogP contribution in [0.3, 0.4) is 0 Å². The van der Waals surface area contributed by atoms with Gasteiger partial charge in [0, 0.05) is 18.2 Å². The number of amides is 2. The normalized spacial score (nSPS) is 11.9. The molecule has 0 fully saturated rings. The summed E-state index contributed by atoms with van der Waals surface area (Å²) in [5.74, 6) is -2.06. The highest BCUT2D eigenvalue weighted by Crippen LogP contribution is 2.13. The van der Waals surface area contributed by atoms with Gasteiger partial charge < -0.3 is 16.2 Å². The minimum absolute atomic E-state index is 0.0392. The Hall–Kier alpha value is -3.20. The van der Waals surface area contributed by atoms with Gasteiger partial charge in [-0.25, -0.2) is 19.5 Å². The Kier molecular flexibility index (Phi) is 7.90. The highest BCUT2D eigenvalue weighted by molar-refractivity contribution is 5.99. The molecule has 1 aromatic carbocycles. The molecule has 2 amide bonds. The lowest BCUT2D eigenvalue weighted by Gasteiger charge is -2.30. The van der Waals surface area contributed by atoms with E-state index in [0.717, 1.165) is 5.01 Å². The zero-order valence-electron chi connectivity index (χ0n) is 16.6. The Morgan fingerprint density at radius 3 is 2.52 bits per heavy atom. The molecule has 0 unspecified atom stereocenters. The maximum Gasteiger partial charge on any atom is 0.328 e. The lowest BCUT2D eigenvalue weighted by molar-refractivity contribution is -0.141. The third kappa shape index (κ3) is 6.15. The summed E-state index contributed by atoms with van der Waals surface area (Å²) in [6.07, 6.45) is 3.72. The van der Waals surface area contributed by atoms with E-state index in [1.165, 1.54) is 11.0 Å². The van der Waals surface area contributed by atoms with Crippen molar-refractivity contribution in [3.05, 3.63) is 54.1 Å². The number of nitrogens with zero attached hydrogens (tertiary/aromatic N) is 3. The van der Waals surface area contributed by atoms with Crippen molar-refractivity contribution in [1.82, 2.24) is 15.0 Å². The van der Waals surface area contributed by atoms with Gasteiger partial charge in [-0.15, -0.1) is 0 Å². The first-order valence-electron chi connectivity index (χ1n) is 9.44. The van der Waals surface area contributed by atoms with E-state index in [-0.39, 0.29) is 18.9 Å². The molecule has 0 bridgehead atoms. The standard InChI is InChI=1S/C20H27N5O4/c1-14(2)10-17(20(28)29)25(24-12-16(8-9-21)23-13-24)18(26)11-22-19(27)15-6-4-3-5-7-15/h3-7,12-14,17H,8-11,21H2,1-2H3,(H,22,27)(H,28,29)/t17-/m0/s1. The van der Waals surface area contributed by atoms with Crippen molar-refractivity contribution in [2.24, 2.45) is 11.7 Å². The SMILES string of the molecule is CC(C)C[C@@H](C(=O)O)N(C(=O)CNC(=O)c1ccccc1)n1cnc(CCN)c1. The van der Waals surface area contributed by atoms with E-state index < -0.39 is 23.8 Å². The van der Waals surface area contributed by atoms with Crippen LogP contribution in [0.15, 0.2) is 42.9 Å². The van der Waals surface area contributed by atoms with Gasteiger partial charge in [0.2, 0.25) is 0 Å². The Labute approximate surface area is 169 Å². The van der Waals surface area contributed by atoms with E-state index in [1.54, 1.807) is 36.5 Å². The second-order valence-electron chi connectivity index (χ2n) is 7.05. The maximum atomic E-state index is 12.9. The summed E-state index contributed by atoms with van der Waals surface area (Å²) in [5.41, 5.74) is 6.60. The fourth-order valence-corrected chi connectivity index (χ4v) is 2.89. The summed E-state index contributed by atoms with van der Waals surface area (Å²) in [7, 11) is 0. The van der Waals surface area contributed by atoms with Gasteiger partial charge in [-0.1, -0.05) is 32.0 Å². The van der Waals surface area contributed by atoms with Crippen LogP contribution < -0.4 is 16.1 Å². The van der Waals surface area contributed by atoms with Crippen molar-refractivity contribution in [2.45, 2.75) is 32.7 Å². The number of nitrogens with two attached hydrogens (primary N) is 1. The summed E-state index contributed by atoms with van der Waals surface area (Å²) >= 11 is 0. The third-order valence-corrected chi connectivity index (χ3v) is 4.24. The zero-order chi connectivity index (χ0) is 21.4. The van der Waals surface area contributed by atoms with Crippen LogP contribution in [0.1, 0.15) is 36.3 Å². The second kappa shape index (κ2) is 10.4. The Morgan fingerprint density at radius 2 is 1.93 bits per heavy atom. The number of aliphatic carboxylic acids is 1. The van der Waals surface area contributed by atoms with Crippen LogP contribution in [0, 0.1) is 5.92 Å². The van der Waals surface area contributed by atoms with E-state index in [0.29, 0.717) is 24.2 Å². The van der Waals surface area contributed by atoms with Gasteiger partial charge in [0.1, 0.15) is 6.33 Å². The monoisotopic (exact) mass is 401 g/mol. The first-order chi connectivity index (χ1) is 13.8. The number of rotatable bonds is 10.